The Balaban J connectivity index is 2.50. The number of fused-ring (bicyclic) bond motifs is 1. The second-order valence-electron chi connectivity index (χ2n) is 4.48. The van der Waals surface area contributed by atoms with Crippen molar-refractivity contribution in [1.82, 2.24) is 4.98 Å². The number of aromatic nitrogens is 1. The highest BCUT2D eigenvalue weighted by molar-refractivity contribution is 5.87. The minimum atomic E-state index is 0.485. The molecule has 1 aromatic carbocycles. The van der Waals surface area contributed by atoms with Gasteiger partial charge in [0.25, 0.3) is 0 Å². The third-order valence-corrected chi connectivity index (χ3v) is 3.02. The van der Waals surface area contributed by atoms with E-state index >= 15 is 0 Å². The summed E-state index contributed by atoms with van der Waals surface area (Å²) in [6.45, 7) is 4.98. The van der Waals surface area contributed by atoms with Crippen molar-refractivity contribution >= 4 is 10.8 Å². The molecule has 1 heterocycles. The Kier molecular flexibility index (Phi) is 3.20. The minimum absolute atomic E-state index is 0.485. The van der Waals surface area contributed by atoms with Crippen LogP contribution in [0.1, 0.15) is 18.2 Å². The van der Waals surface area contributed by atoms with E-state index in [4.69, 9.17) is 5.73 Å². The first kappa shape index (κ1) is 11.1. The van der Waals surface area contributed by atoms with Crippen LogP contribution >= 0.6 is 0 Å². The van der Waals surface area contributed by atoms with Gasteiger partial charge in [0.2, 0.25) is 0 Å². The zero-order chi connectivity index (χ0) is 11.5. The summed E-state index contributed by atoms with van der Waals surface area (Å²) in [7, 11) is 0. The molecule has 1 aromatic heterocycles. The molecule has 2 nitrogen and oxygen atoms in total. The molecule has 1 atom stereocenters. The summed E-state index contributed by atoms with van der Waals surface area (Å²) in [5.41, 5.74) is 8.07. The van der Waals surface area contributed by atoms with Gasteiger partial charge < -0.3 is 5.73 Å². The zero-order valence-electron chi connectivity index (χ0n) is 9.90. The summed E-state index contributed by atoms with van der Waals surface area (Å²) >= 11 is 0. The van der Waals surface area contributed by atoms with Gasteiger partial charge >= 0.3 is 0 Å². The first-order valence-electron chi connectivity index (χ1n) is 5.75. The number of nitrogens with zero attached hydrogens (tertiary/aromatic N) is 1. The fourth-order valence-electron chi connectivity index (χ4n) is 1.97. The molecule has 0 saturated carbocycles. The summed E-state index contributed by atoms with van der Waals surface area (Å²) in [5, 5.41) is 2.57. The van der Waals surface area contributed by atoms with Crippen molar-refractivity contribution < 1.29 is 0 Å². The van der Waals surface area contributed by atoms with Crippen molar-refractivity contribution in [2.45, 2.75) is 20.3 Å². The number of rotatable bonds is 3. The van der Waals surface area contributed by atoms with E-state index in [0.29, 0.717) is 12.5 Å². The highest BCUT2D eigenvalue weighted by Crippen LogP contribution is 2.21. The average Bonchev–Trinajstić information content (AvgIpc) is 2.33. The van der Waals surface area contributed by atoms with Crippen LogP contribution in [0, 0.1) is 12.8 Å². The SMILES string of the molecule is Cc1cnc(CC(C)CN)c2ccccc12. The van der Waals surface area contributed by atoms with Crippen molar-refractivity contribution in [3.63, 3.8) is 0 Å². The van der Waals surface area contributed by atoms with Crippen LogP contribution in [-0.2, 0) is 6.42 Å². The maximum Gasteiger partial charge on any atom is 0.0485 e. The summed E-state index contributed by atoms with van der Waals surface area (Å²) in [6, 6.07) is 8.45. The standard InChI is InChI=1S/C14H18N2/c1-10(8-15)7-14-13-6-4-3-5-12(13)11(2)9-16-14/h3-6,9-10H,7-8,15H2,1-2H3. The van der Waals surface area contributed by atoms with Crippen LogP contribution in [0.4, 0.5) is 0 Å². The number of benzene rings is 1. The molecule has 0 radical (unpaired) electrons. The molecule has 16 heavy (non-hydrogen) atoms. The van der Waals surface area contributed by atoms with Gasteiger partial charge in [0.1, 0.15) is 0 Å². The van der Waals surface area contributed by atoms with Crippen LogP contribution < -0.4 is 5.73 Å². The maximum absolute atomic E-state index is 5.67. The lowest BCUT2D eigenvalue weighted by molar-refractivity contribution is 0.587. The van der Waals surface area contributed by atoms with Gasteiger partial charge in [0.05, 0.1) is 0 Å². The monoisotopic (exact) mass is 214 g/mol. The maximum atomic E-state index is 5.67. The van der Waals surface area contributed by atoms with Crippen molar-refractivity contribution in [1.29, 1.82) is 0 Å². The Bertz CT molecular complexity index is 491. The molecule has 0 aliphatic rings. The average molecular weight is 214 g/mol. The van der Waals surface area contributed by atoms with E-state index in [2.05, 4.69) is 43.1 Å². The van der Waals surface area contributed by atoms with E-state index in [0.717, 1.165) is 6.42 Å². The fourth-order valence-corrected chi connectivity index (χ4v) is 1.97. The molecule has 2 heteroatoms. The van der Waals surface area contributed by atoms with Crippen LogP contribution in [0.5, 0.6) is 0 Å². The van der Waals surface area contributed by atoms with Gasteiger partial charge in [-0.2, -0.15) is 0 Å². The molecule has 0 saturated heterocycles. The number of hydrogen-bond acceptors (Lipinski definition) is 2. The molecule has 0 aliphatic carbocycles. The highest BCUT2D eigenvalue weighted by Gasteiger charge is 2.07. The van der Waals surface area contributed by atoms with Gasteiger partial charge in [0.15, 0.2) is 0 Å². The second kappa shape index (κ2) is 4.62. The molecule has 2 N–H and O–H groups in total. The van der Waals surface area contributed by atoms with Crippen molar-refractivity contribution in [2.24, 2.45) is 11.7 Å². The van der Waals surface area contributed by atoms with Crippen LogP contribution in [0.15, 0.2) is 30.5 Å². The van der Waals surface area contributed by atoms with Crippen LogP contribution in [-0.4, -0.2) is 11.5 Å². The Hall–Kier alpha value is -1.41. The van der Waals surface area contributed by atoms with Gasteiger partial charge in [-0.25, -0.2) is 0 Å². The molecule has 0 amide bonds. The third-order valence-electron chi connectivity index (χ3n) is 3.02. The Morgan fingerprint density at radius 3 is 2.62 bits per heavy atom. The quantitative estimate of drug-likeness (QED) is 0.853. The summed E-state index contributed by atoms with van der Waals surface area (Å²) in [4.78, 5) is 4.54. The van der Waals surface area contributed by atoms with Crippen molar-refractivity contribution in [2.75, 3.05) is 6.54 Å². The molecule has 0 bridgehead atoms. The van der Waals surface area contributed by atoms with Gasteiger partial charge in [-0.05, 0) is 36.8 Å². The highest BCUT2D eigenvalue weighted by atomic mass is 14.7. The second-order valence-corrected chi connectivity index (χ2v) is 4.48. The first-order chi connectivity index (χ1) is 7.72. The van der Waals surface area contributed by atoms with E-state index in [1.807, 2.05) is 6.20 Å². The Morgan fingerprint density at radius 1 is 1.25 bits per heavy atom. The van der Waals surface area contributed by atoms with Crippen LogP contribution in [0.2, 0.25) is 0 Å². The predicted molar refractivity (Wildman–Crippen MR) is 68.4 cm³/mol. The molecule has 0 spiro atoms. The lowest BCUT2D eigenvalue weighted by Gasteiger charge is -2.11. The summed E-state index contributed by atoms with van der Waals surface area (Å²) in [5.74, 6) is 0.485. The molecule has 2 aromatic rings. The molecule has 0 fully saturated rings. The molecule has 84 valence electrons. The van der Waals surface area contributed by atoms with E-state index in [-0.39, 0.29) is 0 Å². The predicted octanol–water partition coefficient (Wildman–Crippen LogP) is 2.68. The van der Waals surface area contributed by atoms with Crippen LogP contribution in [0.25, 0.3) is 10.8 Å². The molecular weight excluding hydrogens is 196 g/mol. The van der Waals surface area contributed by atoms with E-state index < -0.39 is 0 Å². The van der Waals surface area contributed by atoms with E-state index in [1.165, 1.54) is 22.0 Å². The Labute approximate surface area is 96.5 Å². The minimum Gasteiger partial charge on any atom is -0.330 e. The third kappa shape index (κ3) is 2.07. The van der Waals surface area contributed by atoms with Crippen LogP contribution in [0.3, 0.4) is 0 Å². The van der Waals surface area contributed by atoms with Gasteiger partial charge in [-0.15, -0.1) is 0 Å². The normalized spacial score (nSPS) is 12.9. The first-order valence-corrected chi connectivity index (χ1v) is 5.75. The number of nitrogens with two attached hydrogens (primary N) is 1. The topological polar surface area (TPSA) is 38.9 Å². The lowest BCUT2D eigenvalue weighted by atomic mass is 9.99. The summed E-state index contributed by atoms with van der Waals surface area (Å²) in [6.07, 6.45) is 2.91. The summed E-state index contributed by atoms with van der Waals surface area (Å²) < 4.78 is 0. The lowest BCUT2D eigenvalue weighted by Crippen LogP contribution is -2.14. The van der Waals surface area contributed by atoms with Gasteiger partial charge in [0, 0.05) is 17.3 Å². The molecule has 0 aliphatic heterocycles. The zero-order valence-corrected chi connectivity index (χ0v) is 9.90. The molecule has 1 unspecified atom stereocenters. The fraction of sp³-hybridized carbons (Fsp3) is 0.357. The van der Waals surface area contributed by atoms with Crippen molar-refractivity contribution in [3.8, 4) is 0 Å². The molecule has 2 rings (SSSR count). The van der Waals surface area contributed by atoms with Gasteiger partial charge in [-0.3, -0.25) is 4.98 Å². The smallest absolute Gasteiger partial charge is 0.0485 e. The largest absolute Gasteiger partial charge is 0.330 e. The van der Waals surface area contributed by atoms with Gasteiger partial charge in [-0.1, -0.05) is 31.2 Å². The molecular formula is C14H18N2. The number of pyridine rings is 1. The number of hydrogen-bond donors (Lipinski definition) is 1. The number of aryl methyl sites for hydroxylation is 1. The van der Waals surface area contributed by atoms with E-state index in [9.17, 15) is 0 Å². The van der Waals surface area contributed by atoms with Crippen molar-refractivity contribution in [3.05, 3.63) is 41.7 Å². The Morgan fingerprint density at radius 2 is 1.94 bits per heavy atom. The van der Waals surface area contributed by atoms with E-state index in [1.54, 1.807) is 0 Å².